The number of aromatic hydroxyl groups is 2. The second kappa shape index (κ2) is 7.13. The van der Waals surface area contributed by atoms with Crippen molar-refractivity contribution in [1.29, 1.82) is 0 Å². The third-order valence-electron chi connectivity index (χ3n) is 5.84. The number of aliphatic carboxylic acids is 1. The van der Waals surface area contributed by atoms with Gasteiger partial charge in [-0.1, -0.05) is 36.4 Å². The van der Waals surface area contributed by atoms with E-state index in [-0.39, 0.29) is 44.8 Å². The standard InChI is InChI=1S/C26H18O6/c1-13-10-14(6-9-21(13)28)23-17-5-3-2-4-16(17)19(26(30)31)12-20-24(29)18-8-7-15(27)11-22(18)32-25(20)23/h2-12,23,27-28H,1H3,(H,30,31). The first kappa shape index (κ1) is 19.6. The van der Waals surface area contributed by atoms with Gasteiger partial charge in [-0.05, 0) is 53.5 Å². The van der Waals surface area contributed by atoms with Gasteiger partial charge in [0.15, 0.2) is 5.43 Å². The minimum absolute atomic E-state index is 0.00900. The van der Waals surface area contributed by atoms with E-state index < -0.39 is 11.9 Å². The molecule has 32 heavy (non-hydrogen) atoms. The second-order valence-electron chi connectivity index (χ2n) is 7.82. The van der Waals surface area contributed by atoms with E-state index >= 15 is 0 Å². The molecule has 0 amide bonds. The molecule has 4 aromatic rings. The number of phenols is 2. The van der Waals surface area contributed by atoms with Gasteiger partial charge in [0.1, 0.15) is 22.8 Å². The molecule has 1 unspecified atom stereocenters. The topological polar surface area (TPSA) is 108 Å². The van der Waals surface area contributed by atoms with Crippen molar-refractivity contribution in [2.24, 2.45) is 0 Å². The number of rotatable bonds is 2. The molecule has 0 aliphatic heterocycles. The van der Waals surface area contributed by atoms with Gasteiger partial charge in [-0.25, -0.2) is 4.79 Å². The Morgan fingerprint density at radius 1 is 1.00 bits per heavy atom. The molecule has 158 valence electrons. The van der Waals surface area contributed by atoms with Gasteiger partial charge in [-0.2, -0.15) is 0 Å². The van der Waals surface area contributed by atoms with Crippen LogP contribution in [0.1, 0.15) is 39.5 Å². The summed E-state index contributed by atoms with van der Waals surface area (Å²) in [4.78, 5) is 25.6. The lowest BCUT2D eigenvalue weighted by Crippen LogP contribution is -2.13. The summed E-state index contributed by atoms with van der Waals surface area (Å²) in [6, 6.07) is 16.4. The van der Waals surface area contributed by atoms with Gasteiger partial charge in [0.2, 0.25) is 0 Å². The van der Waals surface area contributed by atoms with Crippen LogP contribution < -0.4 is 5.43 Å². The first-order chi connectivity index (χ1) is 15.3. The summed E-state index contributed by atoms with van der Waals surface area (Å²) in [7, 11) is 0. The Labute approximate surface area is 182 Å². The van der Waals surface area contributed by atoms with Gasteiger partial charge < -0.3 is 19.7 Å². The molecule has 1 aromatic heterocycles. The van der Waals surface area contributed by atoms with Crippen molar-refractivity contribution in [3.63, 3.8) is 0 Å². The number of phenolic OH excluding ortho intramolecular Hbond substituents is 2. The molecule has 0 saturated carbocycles. The summed E-state index contributed by atoms with van der Waals surface area (Å²) < 4.78 is 6.19. The highest BCUT2D eigenvalue weighted by Crippen LogP contribution is 2.42. The van der Waals surface area contributed by atoms with Crippen molar-refractivity contribution < 1.29 is 24.5 Å². The SMILES string of the molecule is Cc1cc(C2c3ccccc3C(C(=O)O)=Cc3c2oc2cc(O)ccc2c3=O)ccc1O. The van der Waals surface area contributed by atoms with Crippen LogP contribution in [0.4, 0.5) is 0 Å². The summed E-state index contributed by atoms with van der Waals surface area (Å²) in [5, 5.41) is 30.1. The third kappa shape index (κ3) is 2.96. The van der Waals surface area contributed by atoms with Gasteiger partial charge in [-0.3, -0.25) is 4.79 Å². The molecule has 0 radical (unpaired) electrons. The van der Waals surface area contributed by atoms with Crippen molar-refractivity contribution in [1.82, 2.24) is 0 Å². The maximum atomic E-state index is 13.4. The number of carboxylic acid groups (broad SMARTS) is 1. The molecule has 1 atom stereocenters. The maximum Gasteiger partial charge on any atom is 0.336 e. The summed E-state index contributed by atoms with van der Waals surface area (Å²) in [6.45, 7) is 1.76. The fraction of sp³-hybridized carbons (Fsp3) is 0.0769. The molecule has 0 bridgehead atoms. The summed E-state index contributed by atoms with van der Waals surface area (Å²) in [6.07, 6.45) is 1.36. The normalized spacial score (nSPS) is 14.9. The van der Waals surface area contributed by atoms with Crippen LogP contribution in [0.25, 0.3) is 22.6 Å². The molecular formula is C26H18O6. The van der Waals surface area contributed by atoms with Crippen LogP contribution in [0, 0.1) is 6.92 Å². The minimum Gasteiger partial charge on any atom is -0.508 e. The molecule has 3 N–H and O–H groups in total. The number of carboxylic acids is 1. The molecular weight excluding hydrogens is 408 g/mol. The predicted molar refractivity (Wildman–Crippen MR) is 120 cm³/mol. The zero-order chi connectivity index (χ0) is 22.6. The zero-order valence-corrected chi connectivity index (χ0v) is 17.0. The fourth-order valence-corrected chi connectivity index (χ4v) is 4.29. The van der Waals surface area contributed by atoms with Crippen LogP contribution in [-0.2, 0) is 4.79 Å². The molecule has 1 aliphatic carbocycles. The molecule has 6 heteroatoms. The lowest BCUT2D eigenvalue weighted by Gasteiger charge is -2.21. The molecule has 5 rings (SSSR count). The van der Waals surface area contributed by atoms with E-state index in [0.29, 0.717) is 16.7 Å². The van der Waals surface area contributed by atoms with Gasteiger partial charge in [0.25, 0.3) is 0 Å². The number of benzene rings is 3. The number of aryl methyl sites for hydroxylation is 1. The van der Waals surface area contributed by atoms with Gasteiger partial charge in [0.05, 0.1) is 22.4 Å². The Morgan fingerprint density at radius 3 is 2.53 bits per heavy atom. The average Bonchev–Trinajstić information content (AvgIpc) is 2.90. The van der Waals surface area contributed by atoms with Crippen molar-refractivity contribution >= 4 is 28.6 Å². The largest absolute Gasteiger partial charge is 0.508 e. The summed E-state index contributed by atoms with van der Waals surface area (Å²) in [5.74, 6) is -1.40. The van der Waals surface area contributed by atoms with E-state index in [0.717, 1.165) is 5.56 Å². The lowest BCUT2D eigenvalue weighted by atomic mass is 9.84. The maximum absolute atomic E-state index is 13.4. The highest BCUT2D eigenvalue weighted by Gasteiger charge is 2.32. The molecule has 0 fully saturated rings. The van der Waals surface area contributed by atoms with Crippen molar-refractivity contribution in [3.8, 4) is 11.5 Å². The van der Waals surface area contributed by atoms with E-state index in [4.69, 9.17) is 4.42 Å². The Hall–Kier alpha value is -4.32. The predicted octanol–water partition coefficient (Wildman–Crippen LogP) is 4.63. The van der Waals surface area contributed by atoms with E-state index in [1.54, 1.807) is 49.4 Å². The van der Waals surface area contributed by atoms with Gasteiger partial charge >= 0.3 is 5.97 Å². The van der Waals surface area contributed by atoms with Gasteiger partial charge in [0, 0.05) is 6.07 Å². The van der Waals surface area contributed by atoms with Gasteiger partial charge in [-0.15, -0.1) is 0 Å². The van der Waals surface area contributed by atoms with E-state index in [2.05, 4.69) is 0 Å². The highest BCUT2D eigenvalue weighted by molar-refractivity contribution is 6.21. The lowest BCUT2D eigenvalue weighted by molar-refractivity contribution is -0.130. The Balaban J connectivity index is 1.95. The molecule has 0 spiro atoms. The number of hydrogen-bond donors (Lipinski definition) is 3. The van der Waals surface area contributed by atoms with Crippen molar-refractivity contribution in [2.75, 3.05) is 0 Å². The smallest absolute Gasteiger partial charge is 0.336 e. The molecule has 0 saturated heterocycles. The zero-order valence-electron chi connectivity index (χ0n) is 17.0. The Bertz CT molecular complexity index is 1510. The average molecular weight is 426 g/mol. The van der Waals surface area contributed by atoms with E-state index in [1.807, 2.05) is 0 Å². The quantitative estimate of drug-likeness (QED) is 0.431. The summed E-state index contributed by atoms with van der Waals surface area (Å²) >= 11 is 0. The Morgan fingerprint density at radius 2 is 1.78 bits per heavy atom. The van der Waals surface area contributed by atoms with Crippen molar-refractivity contribution in [3.05, 3.63) is 104 Å². The van der Waals surface area contributed by atoms with Crippen LogP contribution in [0.15, 0.2) is 69.9 Å². The molecule has 6 nitrogen and oxygen atoms in total. The first-order valence-electron chi connectivity index (χ1n) is 9.98. The molecule has 1 aliphatic rings. The third-order valence-corrected chi connectivity index (χ3v) is 5.84. The van der Waals surface area contributed by atoms with Crippen LogP contribution in [0.3, 0.4) is 0 Å². The van der Waals surface area contributed by atoms with Crippen LogP contribution >= 0.6 is 0 Å². The first-order valence-corrected chi connectivity index (χ1v) is 9.98. The summed E-state index contributed by atoms with van der Waals surface area (Å²) in [5.41, 5.74) is 2.47. The molecule has 1 heterocycles. The number of hydrogen-bond acceptors (Lipinski definition) is 5. The van der Waals surface area contributed by atoms with E-state index in [1.165, 1.54) is 24.3 Å². The van der Waals surface area contributed by atoms with Crippen LogP contribution in [0.2, 0.25) is 0 Å². The minimum atomic E-state index is -1.16. The van der Waals surface area contributed by atoms with Crippen molar-refractivity contribution in [2.45, 2.75) is 12.8 Å². The Kier molecular flexibility index (Phi) is 4.37. The monoisotopic (exact) mass is 426 g/mol. The van der Waals surface area contributed by atoms with E-state index in [9.17, 15) is 24.9 Å². The highest BCUT2D eigenvalue weighted by atomic mass is 16.4. The van der Waals surface area contributed by atoms with Crippen LogP contribution in [-0.4, -0.2) is 21.3 Å². The molecule has 3 aromatic carbocycles. The number of fused-ring (bicyclic) bond motifs is 3. The van der Waals surface area contributed by atoms with Crippen LogP contribution in [0.5, 0.6) is 11.5 Å². The fourth-order valence-electron chi connectivity index (χ4n) is 4.29. The second-order valence-corrected chi connectivity index (χ2v) is 7.82. The number of carbonyl (C=O) groups is 1.